The topological polar surface area (TPSA) is 26.3 Å². The molecule has 0 radical (unpaired) electrons. The maximum Gasteiger partial charge on any atom is 0.309 e. The van der Waals surface area contributed by atoms with Crippen LogP contribution in [0.15, 0.2) is 0 Å². The lowest BCUT2D eigenvalue weighted by atomic mass is 9.31. The Morgan fingerprint density at radius 2 is 1.34 bits per heavy atom. The second kappa shape index (κ2) is 6.17. The average Bonchev–Trinajstić information content (AvgIpc) is 3.13. The van der Waals surface area contributed by atoms with E-state index in [0.717, 1.165) is 18.3 Å². The molecule has 0 N–H and O–H groups in total. The third-order valence-electron chi connectivity index (χ3n) is 14.2. The number of carbonyl (C=O) groups excluding carboxylic acids is 1. The van der Waals surface area contributed by atoms with Crippen LogP contribution in [0.3, 0.4) is 0 Å². The number of esters is 1. The van der Waals surface area contributed by atoms with Crippen molar-refractivity contribution in [2.45, 2.75) is 125 Å². The van der Waals surface area contributed by atoms with E-state index < -0.39 is 0 Å². The molecule has 5 aliphatic carbocycles. The van der Waals surface area contributed by atoms with E-state index >= 15 is 0 Å². The molecule has 32 heavy (non-hydrogen) atoms. The minimum atomic E-state index is -0.162. The van der Waals surface area contributed by atoms with Crippen LogP contribution in [-0.2, 0) is 9.53 Å². The van der Waals surface area contributed by atoms with Crippen molar-refractivity contribution < 1.29 is 9.53 Å². The highest BCUT2D eigenvalue weighted by molar-refractivity contribution is 5.76. The van der Waals surface area contributed by atoms with Crippen LogP contribution in [-0.4, -0.2) is 11.6 Å². The molecule has 1 spiro atoms. The molecular weight excluding hydrogens is 392 g/mol. The van der Waals surface area contributed by atoms with Crippen LogP contribution in [0.2, 0.25) is 0 Å². The van der Waals surface area contributed by atoms with Crippen molar-refractivity contribution in [1.82, 2.24) is 0 Å². The largest absolute Gasteiger partial charge is 0.458 e. The Morgan fingerprint density at radius 3 is 2.09 bits per heavy atom. The summed E-state index contributed by atoms with van der Waals surface area (Å²) in [7, 11) is 0. The fraction of sp³-hybridized carbons (Fsp3) is 0.967. The third kappa shape index (κ3) is 2.19. The van der Waals surface area contributed by atoms with Gasteiger partial charge in [0.1, 0.15) is 5.60 Å². The zero-order valence-electron chi connectivity index (χ0n) is 22.0. The summed E-state index contributed by atoms with van der Waals surface area (Å²) in [6.45, 7) is 18.0. The third-order valence-corrected chi connectivity index (χ3v) is 14.2. The van der Waals surface area contributed by atoms with Crippen molar-refractivity contribution in [2.24, 2.45) is 56.7 Å². The zero-order valence-corrected chi connectivity index (χ0v) is 22.0. The van der Waals surface area contributed by atoms with Crippen LogP contribution in [0.4, 0.5) is 0 Å². The molecule has 1 heterocycles. The van der Waals surface area contributed by atoms with Gasteiger partial charge in [-0.25, -0.2) is 0 Å². The Morgan fingerprint density at radius 1 is 0.688 bits per heavy atom. The lowest BCUT2D eigenvalue weighted by molar-refractivity contribution is -0.266. The van der Waals surface area contributed by atoms with E-state index in [9.17, 15) is 4.79 Å². The Kier molecular flexibility index (Phi) is 4.24. The molecule has 6 aliphatic rings. The standard InChI is InChI=1S/C30H48O2/c1-19-20-11-15-29(7)23-10-9-22-26(4)14-8-13-25(2,3)21(26)12-16-27(22,5)28(23,6)17-18-30(20,29)32-24(19)31/h19-23H,8-18H2,1-7H3/t19-,20-,21+,22-,23+,26+,27-,28-,29-,30+/m1/s1. The SMILES string of the molecule is C[C@H]1C(=O)O[C@]23CC[C@]4(C)[C@H](CC[C@@H]5[C@@]6(C)CCCC(C)(C)[C@@H]6CC[C@]54C)[C@@]2(C)CC[C@H]13. The number of ether oxygens (including phenoxy) is 1. The molecule has 10 atom stereocenters. The second-order valence-electron chi connectivity index (χ2n) is 15.1. The predicted molar refractivity (Wildman–Crippen MR) is 129 cm³/mol. The van der Waals surface area contributed by atoms with Gasteiger partial charge in [0.25, 0.3) is 0 Å². The summed E-state index contributed by atoms with van der Waals surface area (Å²) < 4.78 is 6.45. The number of hydrogen-bond acceptors (Lipinski definition) is 2. The Labute approximate surface area is 197 Å². The highest BCUT2D eigenvalue weighted by Gasteiger charge is 2.76. The van der Waals surface area contributed by atoms with Crippen molar-refractivity contribution in [1.29, 1.82) is 0 Å². The van der Waals surface area contributed by atoms with Crippen LogP contribution in [0.1, 0.15) is 119 Å². The molecule has 1 saturated heterocycles. The van der Waals surface area contributed by atoms with Crippen LogP contribution in [0.25, 0.3) is 0 Å². The van der Waals surface area contributed by atoms with E-state index in [0.29, 0.717) is 33.5 Å². The van der Waals surface area contributed by atoms with Gasteiger partial charge in [0.05, 0.1) is 5.92 Å². The van der Waals surface area contributed by atoms with Gasteiger partial charge in [-0.15, -0.1) is 0 Å². The van der Waals surface area contributed by atoms with Gasteiger partial charge >= 0.3 is 5.97 Å². The summed E-state index contributed by atoms with van der Waals surface area (Å²) in [5, 5.41) is 0. The van der Waals surface area contributed by atoms with Gasteiger partial charge in [0.2, 0.25) is 0 Å². The van der Waals surface area contributed by atoms with Gasteiger partial charge in [0.15, 0.2) is 0 Å². The first kappa shape index (κ1) is 22.0. The molecule has 2 heteroatoms. The number of rotatable bonds is 0. The van der Waals surface area contributed by atoms with E-state index in [2.05, 4.69) is 48.5 Å². The van der Waals surface area contributed by atoms with Gasteiger partial charge in [-0.3, -0.25) is 4.79 Å². The van der Waals surface area contributed by atoms with Crippen molar-refractivity contribution >= 4 is 5.97 Å². The van der Waals surface area contributed by atoms with E-state index in [4.69, 9.17) is 4.74 Å². The Balaban J connectivity index is 1.41. The van der Waals surface area contributed by atoms with Crippen LogP contribution >= 0.6 is 0 Å². The first-order chi connectivity index (χ1) is 14.9. The van der Waals surface area contributed by atoms with Gasteiger partial charge in [-0.05, 0) is 104 Å². The fourth-order valence-corrected chi connectivity index (χ4v) is 12.6. The summed E-state index contributed by atoms with van der Waals surface area (Å²) in [4.78, 5) is 12.7. The number of fused-ring (bicyclic) bond motifs is 6. The minimum absolute atomic E-state index is 0.0990. The normalized spacial score (nSPS) is 60.5. The van der Waals surface area contributed by atoms with Crippen LogP contribution in [0, 0.1) is 56.7 Å². The van der Waals surface area contributed by atoms with Crippen LogP contribution < -0.4 is 0 Å². The van der Waals surface area contributed by atoms with Gasteiger partial charge < -0.3 is 4.74 Å². The maximum atomic E-state index is 12.7. The molecule has 6 fully saturated rings. The molecule has 0 aromatic rings. The van der Waals surface area contributed by atoms with Crippen molar-refractivity contribution in [3.8, 4) is 0 Å². The summed E-state index contributed by atoms with van der Waals surface area (Å²) in [6, 6.07) is 0. The quantitative estimate of drug-likeness (QED) is 0.359. The number of hydrogen-bond donors (Lipinski definition) is 0. The molecule has 0 amide bonds. The average molecular weight is 441 g/mol. The Hall–Kier alpha value is -0.530. The van der Waals surface area contributed by atoms with Crippen molar-refractivity contribution in [3.05, 3.63) is 0 Å². The molecule has 6 rings (SSSR count). The summed E-state index contributed by atoms with van der Waals surface area (Å²) in [6.07, 6.45) is 14.7. The highest BCUT2D eigenvalue weighted by atomic mass is 16.6. The van der Waals surface area contributed by atoms with E-state index in [1.165, 1.54) is 64.2 Å². The maximum absolute atomic E-state index is 12.7. The predicted octanol–water partition coefficient (Wildman–Crippen LogP) is 7.79. The lowest BCUT2D eigenvalue weighted by Gasteiger charge is -2.73. The molecular formula is C30H48O2. The minimum Gasteiger partial charge on any atom is -0.458 e. The van der Waals surface area contributed by atoms with Crippen LogP contribution in [0.5, 0.6) is 0 Å². The summed E-state index contributed by atoms with van der Waals surface area (Å²) in [5.41, 5.74) is 1.81. The molecule has 0 unspecified atom stereocenters. The molecule has 0 bridgehead atoms. The summed E-state index contributed by atoms with van der Waals surface area (Å²) in [5.74, 6) is 3.11. The monoisotopic (exact) mass is 440 g/mol. The van der Waals surface area contributed by atoms with Crippen molar-refractivity contribution in [2.75, 3.05) is 0 Å². The molecule has 0 aromatic carbocycles. The van der Waals surface area contributed by atoms with E-state index in [1.54, 1.807) is 0 Å². The highest BCUT2D eigenvalue weighted by Crippen LogP contribution is 2.79. The molecule has 2 nitrogen and oxygen atoms in total. The van der Waals surface area contributed by atoms with E-state index in [-0.39, 0.29) is 22.9 Å². The van der Waals surface area contributed by atoms with Gasteiger partial charge in [-0.2, -0.15) is 0 Å². The fourth-order valence-electron chi connectivity index (χ4n) is 12.6. The summed E-state index contributed by atoms with van der Waals surface area (Å²) >= 11 is 0. The smallest absolute Gasteiger partial charge is 0.309 e. The van der Waals surface area contributed by atoms with Gasteiger partial charge in [0, 0.05) is 11.3 Å². The Bertz CT molecular complexity index is 846. The molecule has 5 saturated carbocycles. The molecule has 180 valence electrons. The van der Waals surface area contributed by atoms with E-state index in [1.807, 2.05) is 0 Å². The second-order valence-corrected chi connectivity index (χ2v) is 15.1. The lowest BCUT2D eigenvalue weighted by Crippen LogP contribution is -2.68. The van der Waals surface area contributed by atoms with Gasteiger partial charge in [-0.1, -0.05) is 54.9 Å². The molecule has 1 aliphatic heterocycles. The molecule has 0 aromatic heterocycles. The first-order valence-corrected chi connectivity index (χ1v) is 14.1. The number of carbonyl (C=O) groups is 1. The van der Waals surface area contributed by atoms with Crippen molar-refractivity contribution in [3.63, 3.8) is 0 Å². The zero-order chi connectivity index (χ0) is 22.9. The first-order valence-electron chi connectivity index (χ1n) is 14.1.